The van der Waals surface area contributed by atoms with Gasteiger partial charge in [-0.1, -0.05) is 48.5 Å². The summed E-state index contributed by atoms with van der Waals surface area (Å²) in [7, 11) is 1.50. The highest BCUT2D eigenvalue weighted by Crippen LogP contribution is 2.50. The fourth-order valence-electron chi connectivity index (χ4n) is 2.19. The van der Waals surface area contributed by atoms with E-state index in [1.807, 2.05) is 30.3 Å². The van der Waals surface area contributed by atoms with Gasteiger partial charge in [0.05, 0.1) is 9.50 Å². The molecular formula is C16H14BrClFNO. The molecule has 1 aliphatic rings. The topological polar surface area (TPSA) is 35.2 Å². The average molecular weight is 371 g/mol. The Kier molecular flexibility index (Phi) is 5.04. The first-order chi connectivity index (χ1) is 10.1. The minimum absolute atomic E-state index is 0.0530. The lowest BCUT2D eigenvalue weighted by Crippen LogP contribution is -2.01. The Morgan fingerprint density at radius 3 is 2.52 bits per heavy atom. The molecule has 1 unspecified atom stereocenters. The molecule has 0 saturated heterocycles. The van der Waals surface area contributed by atoms with E-state index in [1.54, 1.807) is 0 Å². The van der Waals surface area contributed by atoms with E-state index in [1.165, 1.54) is 13.1 Å². The number of nitrogens with two attached hydrogens (primary N) is 1. The zero-order valence-corrected chi connectivity index (χ0v) is 13.7. The van der Waals surface area contributed by atoms with Gasteiger partial charge in [0.15, 0.2) is 0 Å². The molecule has 110 valence electrons. The third kappa shape index (κ3) is 2.84. The van der Waals surface area contributed by atoms with Gasteiger partial charge in [0.25, 0.3) is 0 Å². The standard InChI is InChI=1S/C15H9BrClFO.CH5N/c1-8-12-11(7-10(18)14(17)13(12)16)19-15(8)9-5-3-2-4-6-9;1-2/h2-7,15H,1H2;2H2,1H3. The van der Waals surface area contributed by atoms with Crippen LogP contribution >= 0.6 is 27.5 Å². The maximum Gasteiger partial charge on any atom is 0.149 e. The largest absolute Gasteiger partial charge is 0.480 e. The van der Waals surface area contributed by atoms with E-state index >= 15 is 0 Å². The zero-order valence-electron chi connectivity index (χ0n) is 11.4. The fourth-order valence-corrected chi connectivity index (χ4v) is 2.98. The van der Waals surface area contributed by atoms with Crippen molar-refractivity contribution in [1.82, 2.24) is 0 Å². The fraction of sp³-hybridized carbons (Fsp3) is 0.125. The molecule has 5 heteroatoms. The van der Waals surface area contributed by atoms with Crippen molar-refractivity contribution >= 4 is 33.1 Å². The van der Waals surface area contributed by atoms with Crippen LogP contribution in [0.25, 0.3) is 5.57 Å². The van der Waals surface area contributed by atoms with Gasteiger partial charge in [-0.05, 0) is 28.5 Å². The number of hydrogen-bond acceptors (Lipinski definition) is 2. The summed E-state index contributed by atoms with van der Waals surface area (Å²) in [5, 5.41) is 0.0530. The Labute approximate surface area is 136 Å². The highest BCUT2D eigenvalue weighted by molar-refractivity contribution is 9.10. The molecule has 2 aromatic rings. The van der Waals surface area contributed by atoms with Crippen molar-refractivity contribution in [2.75, 3.05) is 7.05 Å². The first kappa shape index (κ1) is 16.0. The number of hydrogen-bond donors (Lipinski definition) is 1. The van der Waals surface area contributed by atoms with Crippen molar-refractivity contribution in [3.05, 3.63) is 69.4 Å². The lowest BCUT2D eigenvalue weighted by molar-refractivity contribution is 0.282. The van der Waals surface area contributed by atoms with Gasteiger partial charge in [-0.3, -0.25) is 0 Å². The van der Waals surface area contributed by atoms with Crippen LogP contribution in [-0.4, -0.2) is 7.05 Å². The predicted molar refractivity (Wildman–Crippen MR) is 88.1 cm³/mol. The van der Waals surface area contributed by atoms with Crippen LogP contribution < -0.4 is 10.5 Å². The summed E-state index contributed by atoms with van der Waals surface area (Å²) in [6.07, 6.45) is -0.301. The first-order valence-electron chi connectivity index (χ1n) is 6.25. The molecule has 2 N–H and O–H groups in total. The Morgan fingerprint density at radius 1 is 1.29 bits per heavy atom. The average Bonchev–Trinajstić information content (AvgIpc) is 2.84. The second-order valence-electron chi connectivity index (χ2n) is 4.29. The summed E-state index contributed by atoms with van der Waals surface area (Å²) in [5.41, 5.74) is 6.99. The maximum atomic E-state index is 13.6. The van der Waals surface area contributed by atoms with E-state index in [9.17, 15) is 4.39 Å². The van der Waals surface area contributed by atoms with Gasteiger partial charge in [-0.25, -0.2) is 4.39 Å². The second-order valence-corrected chi connectivity index (χ2v) is 5.46. The van der Waals surface area contributed by atoms with Gasteiger partial charge in [0, 0.05) is 17.2 Å². The lowest BCUT2D eigenvalue weighted by atomic mass is 9.99. The van der Waals surface area contributed by atoms with Gasteiger partial charge >= 0.3 is 0 Å². The van der Waals surface area contributed by atoms with Gasteiger partial charge in [0.1, 0.15) is 17.7 Å². The van der Waals surface area contributed by atoms with Crippen LogP contribution in [0.2, 0.25) is 5.02 Å². The second kappa shape index (κ2) is 6.60. The quantitative estimate of drug-likeness (QED) is 0.720. The van der Waals surface area contributed by atoms with E-state index in [0.717, 1.165) is 16.7 Å². The molecule has 0 radical (unpaired) electrons. The molecule has 1 heterocycles. The van der Waals surface area contributed by atoms with E-state index in [4.69, 9.17) is 16.3 Å². The highest BCUT2D eigenvalue weighted by atomic mass is 79.9. The molecule has 0 bridgehead atoms. The Hall–Kier alpha value is -1.36. The predicted octanol–water partition coefficient (Wildman–Crippen LogP) is 4.96. The number of rotatable bonds is 1. The van der Waals surface area contributed by atoms with Gasteiger partial charge in [-0.2, -0.15) is 0 Å². The third-order valence-electron chi connectivity index (χ3n) is 3.11. The van der Waals surface area contributed by atoms with Crippen LogP contribution in [0, 0.1) is 5.82 Å². The van der Waals surface area contributed by atoms with E-state index in [0.29, 0.717) is 10.2 Å². The van der Waals surface area contributed by atoms with Crippen LogP contribution in [0.3, 0.4) is 0 Å². The lowest BCUT2D eigenvalue weighted by Gasteiger charge is -2.11. The number of benzene rings is 2. The molecule has 21 heavy (non-hydrogen) atoms. The minimum Gasteiger partial charge on any atom is -0.480 e. The molecule has 0 aliphatic carbocycles. The van der Waals surface area contributed by atoms with Crippen LogP contribution in [0.4, 0.5) is 4.39 Å². The molecular weight excluding hydrogens is 357 g/mol. The van der Waals surface area contributed by atoms with Crippen molar-refractivity contribution in [3.8, 4) is 5.75 Å². The summed E-state index contributed by atoms with van der Waals surface area (Å²) >= 11 is 9.21. The monoisotopic (exact) mass is 369 g/mol. The van der Waals surface area contributed by atoms with Crippen molar-refractivity contribution in [3.63, 3.8) is 0 Å². The molecule has 1 atom stereocenters. The summed E-state index contributed by atoms with van der Waals surface area (Å²) in [6, 6.07) is 11.0. The van der Waals surface area contributed by atoms with Crippen molar-refractivity contribution < 1.29 is 9.13 Å². The van der Waals surface area contributed by atoms with Gasteiger partial charge in [-0.15, -0.1) is 0 Å². The molecule has 1 aliphatic heterocycles. The molecule has 2 nitrogen and oxygen atoms in total. The van der Waals surface area contributed by atoms with Crippen molar-refractivity contribution in [2.45, 2.75) is 6.10 Å². The Balaban J connectivity index is 0.000000774. The van der Waals surface area contributed by atoms with Crippen LogP contribution in [0.1, 0.15) is 17.2 Å². The van der Waals surface area contributed by atoms with E-state index in [-0.39, 0.29) is 11.1 Å². The minimum atomic E-state index is -0.506. The van der Waals surface area contributed by atoms with Crippen LogP contribution in [0.5, 0.6) is 5.75 Å². The summed E-state index contributed by atoms with van der Waals surface area (Å²) in [5.74, 6) is -0.0403. The smallest absolute Gasteiger partial charge is 0.149 e. The normalized spacial score (nSPS) is 15.9. The first-order valence-corrected chi connectivity index (χ1v) is 7.42. The van der Waals surface area contributed by atoms with Crippen LogP contribution in [-0.2, 0) is 0 Å². The number of ether oxygens (including phenoxy) is 1. The SMILES string of the molecule is C=C1c2c(cc(F)c(Cl)c2Br)OC1c1ccccc1.CN. The van der Waals surface area contributed by atoms with Gasteiger partial charge in [0.2, 0.25) is 0 Å². The van der Waals surface area contributed by atoms with Crippen LogP contribution in [0.15, 0.2) is 47.4 Å². The molecule has 0 amide bonds. The summed E-state index contributed by atoms with van der Waals surface area (Å²) in [4.78, 5) is 0. The zero-order chi connectivity index (χ0) is 15.6. The van der Waals surface area contributed by atoms with Crippen molar-refractivity contribution in [1.29, 1.82) is 0 Å². The van der Waals surface area contributed by atoms with E-state index in [2.05, 4.69) is 28.2 Å². The molecule has 0 aromatic heterocycles. The maximum absolute atomic E-state index is 13.6. The molecule has 3 rings (SSSR count). The Bertz CT molecular complexity index is 676. The molecule has 0 saturated carbocycles. The molecule has 0 fully saturated rings. The number of halogens is 3. The summed E-state index contributed by atoms with van der Waals surface area (Å²) < 4.78 is 19.9. The highest BCUT2D eigenvalue weighted by Gasteiger charge is 2.32. The van der Waals surface area contributed by atoms with Gasteiger partial charge < -0.3 is 10.5 Å². The van der Waals surface area contributed by atoms with Crippen molar-refractivity contribution in [2.24, 2.45) is 5.73 Å². The van der Waals surface area contributed by atoms with E-state index < -0.39 is 5.82 Å². The summed E-state index contributed by atoms with van der Waals surface area (Å²) in [6.45, 7) is 4.05. The molecule has 0 spiro atoms. The Morgan fingerprint density at radius 2 is 1.90 bits per heavy atom. The third-order valence-corrected chi connectivity index (χ3v) is 4.50. The molecule has 2 aromatic carbocycles. The number of fused-ring (bicyclic) bond motifs is 1.